The molecule has 0 radical (unpaired) electrons. The number of hydrogen-bond acceptors (Lipinski definition) is 1. The molecule has 0 atom stereocenters. The van der Waals surface area contributed by atoms with Gasteiger partial charge in [0.1, 0.15) is 10.7 Å². The van der Waals surface area contributed by atoms with Crippen molar-refractivity contribution in [2.24, 2.45) is 0 Å². The van der Waals surface area contributed by atoms with Gasteiger partial charge in [0.2, 0.25) is 0 Å². The highest BCUT2D eigenvalue weighted by molar-refractivity contribution is 9.10. The maximum absolute atomic E-state index is 5.81. The number of para-hydroxylation sites is 1. The van der Waals surface area contributed by atoms with Crippen LogP contribution in [0.15, 0.2) is 22.7 Å². The first-order chi connectivity index (χ1) is 5.29. The number of aromatic nitrogens is 2. The van der Waals surface area contributed by atoms with Gasteiger partial charge in [0, 0.05) is 9.86 Å². The summed E-state index contributed by atoms with van der Waals surface area (Å²) < 4.78 is 0.957. The lowest BCUT2D eigenvalue weighted by Gasteiger charge is -1.89. The Labute approximate surface area is 76.7 Å². The lowest BCUT2D eigenvalue weighted by atomic mass is 10.3. The first-order valence-electron chi connectivity index (χ1n) is 3.07. The van der Waals surface area contributed by atoms with Gasteiger partial charge in [0.05, 0.1) is 0 Å². The van der Waals surface area contributed by atoms with Gasteiger partial charge in [-0.1, -0.05) is 17.7 Å². The molecule has 1 N–H and O–H groups in total. The molecule has 56 valence electrons. The minimum atomic E-state index is 0.585. The van der Waals surface area contributed by atoms with Crippen LogP contribution in [0.2, 0.25) is 5.15 Å². The molecule has 1 heterocycles. The van der Waals surface area contributed by atoms with Crippen LogP contribution in [0.3, 0.4) is 0 Å². The number of nitrogens with zero attached hydrogens (tertiary/aromatic N) is 1. The topological polar surface area (TPSA) is 28.7 Å². The molecule has 4 heteroatoms. The van der Waals surface area contributed by atoms with Crippen LogP contribution in [-0.4, -0.2) is 10.2 Å². The van der Waals surface area contributed by atoms with Crippen LogP contribution in [0.4, 0.5) is 0 Å². The number of nitrogens with one attached hydrogen (secondary N) is 1. The molecule has 2 aromatic rings. The molecule has 2 nitrogen and oxygen atoms in total. The molecule has 0 aliphatic rings. The average molecular weight is 231 g/mol. The van der Waals surface area contributed by atoms with Gasteiger partial charge >= 0.3 is 0 Å². The largest absolute Gasteiger partial charge is 0.266 e. The summed E-state index contributed by atoms with van der Waals surface area (Å²) in [5, 5.41) is 8.25. The first-order valence-corrected chi connectivity index (χ1v) is 4.24. The van der Waals surface area contributed by atoms with Gasteiger partial charge in [0.15, 0.2) is 0 Å². The number of hydrogen-bond donors (Lipinski definition) is 1. The zero-order valence-electron chi connectivity index (χ0n) is 5.44. The van der Waals surface area contributed by atoms with E-state index in [1.54, 1.807) is 0 Å². The Morgan fingerprint density at radius 2 is 2.27 bits per heavy atom. The van der Waals surface area contributed by atoms with Crippen molar-refractivity contribution in [3.63, 3.8) is 0 Å². The molecule has 0 fully saturated rings. The fraction of sp³-hybridized carbons (Fsp3) is 0. The lowest BCUT2D eigenvalue weighted by molar-refractivity contribution is 1.12. The molecule has 0 unspecified atom stereocenters. The van der Waals surface area contributed by atoms with E-state index >= 15 is 0 Å². The molecule has 0 aliphatic carbocycles. The predicted molar refractivity (Wildman–Crippen MR) is 48.8 cm³/mol. The van der Waals surface area contributed by atoms with Crippen LogP contribution >= 0.6 is 27.5 Å². The van der Waals surface area contributed by atoms with Crippen molar-refractivity contribution in [2.75, 3.05) is 0 Å². The van der Waals surface area contributed by atoms with E-state index in [-0.39, 0.29) is 0 Å². The van der Waals surface area contributed by atoms with Gasteiger partial charge < -0.3 is 0 Å². The van der Waals surface area contributed by atoms with Crippen molar-refractivity contribution < 1.29 is 0 Å². The van der Waals surface area contributed by atoms with Crippen LogP contribution in [0.25, 0.3) is 10.9 Å². The molecule has 11 heavy (non-hydrogen) atoms. The summed E-state index contributed by atoms with van der Waals surface area (Å²) in [4.78, 5) is 0. The molecular formula is C7H4BrClN2. The Hall–Kier alpha value is -0.540. The minimum Gasteiger partial charge on any atom is -0.266 e. The Bertz CT molecular complexity index is 396. The molecule has 0 saturated carbocycles. The number of halogens is 2. The SMILES string of the molecule is Clc1[nH]nc2c(Br)cccc12. The number of rotatable bonds is 0. The van der Waals surface area contributed by atoms with Crippen molar-refractivity contribution in [3.05, 3.63) is 27.8 Å². The van der Waals surface area contributed by atoms with Crippen LogP contribution < -0.4 is 0 Å². The Kier molecular flexibility index (Phi) is 1.62. The van der Waals surface area contributed by atoms with E-state index in [2.05, 4.69) is 26.1 Å². The van der Waals surface area contributed by atoms with Crippen LogP contribution in [0, 0.1) is 0 Å². The van der Waals surface area contributed by atoms with Gasteiger partial charge in [-0.3, -0.25) is 5.10 Å². The molecule has 0 aliphatic heterocycles. The van der Waals surface area contributed by atoms with E-state index < -0.39 is 0 Å². The highest BCUT2D eigenvalue weighted by Gasteiger charge is 2.03. The smallest absolute Gasteiger partial charge is 0.132 e. The predicted octanol–water partition coefficient (Wildman–Crippen LogP) is 2.98. The van der Waals surface area contributed by atoms with E-state index in [1.807, 2.05) is 18.2 Å². The third kappa shape index (κ3) is 1.04. The fourth-order valence-electron chi connectivity index (χ4n) is 0.971. The van der Waals surface area contributed by atoms with Gasteiger partial charge in [0.25, 0.3) is 0 Å². The van der Waals surface area contributed by atoms with E-state index in [0.717, 1.165) is 15.4 Å². The number of aromatic amines is 1. The molecule has 0 spiro atoms. The minimum absolute atomic E-state index is 0.585. The molecule has 1 aromatic heterocycles. The Morgan fingerprint density at radius 1 is 1.45 bits per heavy atom. The summed E-state index contributed by atoms with van der Waals surface area (Å²) in [6.07, 6.45) is 0. The van der Waals surface area contributed by atoms with E-state index in [9.17, 15) is 0 Å². The summed E-state index contributed by atoms with van der Waals surface area (Å²) in [7, 11) is 0. The molecule has 2 rings (SSSR count). The normalized spacial score (nSPS) is 10.7. The Morgan fingerprint density at radius 3 is 3.00 bits per heavy atom. The second-order valence-corrected chi connectivity index (χ2v) is 3.41. The lowest BCUT2D eigenvalue weighted by Crippen LogP contribution is -1.69. The summed E-state index contributed by atoms with van der Waals surface area (Å²) in [5.41, 5.74) is 0.873. The molecular weight excluding hydrogens is 227 g/mol. The summed E-state index contributed by atoms with van der Waals surface area (Å²) in [5.74, 6) is 0. The second-order valence-electron chi connectivity index (χ2n) is 2.17. The first kappa shape index (κ1) is 7.13. The van der Waals surface area contributed by atoms with Crippen molar-refractivity contribution in [3.8, 4) is 0 Å². The van der Waals surface area contributed by atoms with Crippen molar-refractivity contribution in [2.45, 2.75) is 0 Å². The zero-order valence-corrected chi connectivity index (χ0v) is 7.78. The third-order valence-electron chi connectivity index (χ3n) is 1.49. The van der Waals surface area contributed by atoms with E-state index in [4.69, 9.17) is 11.6 Å². The number of benzene rings is 1. The second kappa shape index (κ2) is 2.50. The van der Waals surface area contributed by atoms with Gasteiger partial charge in [-0.25, -0.2) is 0 Å². The van der Waals surface area contributed by atoms with Crippen molar-refractivity contribution >= 4 is 38.4 Å². The highest BCUT2D eigenvalue weighted by atomic mass is 79.9. The van der Waals surface area contributed by atoms with E-state index in [0.29, 0.717) is 5.15 Å². The van der Waals surface area contributed by atoms with Gasteiger partial charge in [-0.15, -0.1) is 0 Å². The maximum atomic E-state index is 5.81. The highest BCUT2D eigenvalue weighted by Crippen LogP contribution is 2.26. The van der Waals surface area contributed by atoms with Crippen molar-refractivity contribution in [1.82, 2.24) is 10.2 Å². The summed E-state index contributed by atoms with van der Waals surface area (Å²) in [6.45, 7) is 0. The van der Waals surface area contributed by atoms with E-state index in [1.165, 1.54) is 0 Å². The zero-order chi connectivity index (χ0) is 7.84. The molecule has 1 aromatic carbocycles. The van der Waals surface area contributed by atoms with Crippen LogP contribution in [-0.2, 0) is 0 Å². The standard InChI is InChI=1S/C7H4BrClN2/c8-5-3-1-2-4-6(5)10-11-7(4)9/h1-3H,(H,10,11). The monoisotopic (exact) mass is 230 g/mol. The number of fused-ring (bicyclic) bond motifs is 1. The third-order valence-corrected chi connectivity index (χ3v) is 2.42. The molecule has 0 bridgehead atoms. The maximum Gasteiger partial charge on any atom is 0.132 e. The van der Waals surface area contributed by atoms with Crippen LogP contribution in [0.5, 0.6) is 0 Å². The van der Waals surface area contributed by atoms with Crippen molar-refractivity contribution in [1.29, 1.82) is 0 Å². The Balaban J connectivity index is 2.94. The molecule has 0 saturated heterocycles. The van der Waals surface area contributed by atoms with Gasteiger partial charge in [-0.05, 0) is 28.1 Å². The molecule has 0 amide bonds. The van der Waals surface area contributed by atoms with Crippen LogP contribution in [0.1, 0.15) is 0 Å². The summed E-state index contributed by atoms with van der Waals surface area (Å²) >= 11 is 9.17. The quantitative estimate of drug-likeness (QED) is 0.742. The fourth-order valence-corrected chi connectivity index (χ4v) is 1.62. The summed E-state index contributed by atoms with van der Waals surface area (Å²) in [6, 6.07) is 5.78. The van der Waals surface area contributed by atoms with Gasteiger partial charge in [-0.2, -0.15) is 5.10 Å². The number of H-pyrrole nitrogens is 1. The average Bonchev–Trinajstić information content (AvgIpc) is 2.35.